The largest absolute Gasteiger partial charge is 0.204 e. The summed E-state index contributed by atoms with van der Waals surface area (Å²) < 4.78 is 78.3. The molecule has 0 radical (unpaired) electrons. The Hall–Kier alpha value is -1.98. The fourth-order valence-corrected chi connectivity index (χ4v) is 1.48. The molecular formula is C12H4F6. The first-order valence-electron chi connectivity index (χ1n) is 4.71. The Labute approximate surface area is 97.5 Å². The van der Waals surface area contributed by atoms with Crippen LogP contribution in [0.3, 0.4) is 0 Å². The zero-order valence-electron chi connectivity index (χ0n) is 8.58. The van der Waals surface area contributed by atoms with Crippen LogP contribution in [0.25, 0.3) is 11.1 Å². The Kier molecular flexibility index (Phi) is 3.02. The van der Waals surface area contributed by atoms with E-state index >= 15 is 0 Å². The predicted molar refractivity (Wildman–Crippen MR) is 51.6 cm³/mol. The minimum atomic E-state index is -2.08. The molecule has 0 saturated carbocycles. The minimum absolute atomic E-state index is 0.269. The number of halogens is 6. The van der Waals surface area contributed by atoms with Crippen molar-refractivity contribution >= 4 is 0 Å². The molecule has 2 rings (SSSR count). The molecule has 0 amide bonds. The van der Waals surface area contributed by atoms with Gasteiger partial charge in [-0.3, -0.25) is 0 Å². The highest BCUT2D eigenvalue weighted by atomic mass is 19.2. The second kappa shape index (κ2) is 4.36. The van der Waals surface area contributed by atoms with Crippen LogP contribution in [-0.2, 0) is 0 Å². The van der Waals surface area contributed by atoms with Gasteiger partial charge in [-0.25, -0.2) is 26.3 Å². The first-order valence-corrected chi connectivity index (χ1v) is 4.71. The summed E-state index contributed by atoms with van der Waals surface area (Å²) >= 11 is 0. The van der Waals surface area contributed by atoms with Crippen molar-refractivity contribution in [2.24, 2.45) is 0 Å². The van der Waals surface area contributed by atoms with Crippen LogP contribution < -0.4 is 0 Å². The molecule has 0 aromatic heterocycles. The van der Waals surface area contributed by atoms with Gasteiger partial charge in [0.25, 0.3) is 0 Å². The van der Waals surface area contributed by atoms with Crippen molar-refractivity contribution in [3.8, 4) is 11.1 Å². The maximum Gasteiger partial charge on any atom is 0.198 e. The van der Waals surface area contributed by atoms with E-state index in [0.29, 0.717) is 0 Å². The average molecular weight is 262 g/mol. The zero-order chi connectivity index (χ0) is 13.4. The van der Waals surface area contributed by atoms with Crippen molar-refractivity contribution < 1.29 is 26.3 Å². The minimum Gasteiger partial charge on any atom is -0.204 e. The molecule has 18 heavy (non-hydrogen) atoms. The summed E-state index contributed by atoms with van der Waals surface area (Å²) in [7, 11) is 0. The van der Waals surface area contributed by atoms with Gasteiger partial charge in [-0.2, -0.15) is 0 Å². The van der Waals surface area contributed by atoms with Crippen LogP contribution in [0.4, 0.5) is 26.3 Å². The molecule has 0 atom stereocenters. The lowest BCUT2D eigenvalue weighted by Crippen LogP contribution is -2.00. The summed E-state index contributed by atoms with van der Waals surface area (Å²) in [6.07, 6.45) is 0. The Balaban J connectivity index is 2.76. The monoisotopic (exact) mass is 262 g/mol. The summed E-state index contributed by atoms with van der Waals surface area (Å²) in [5, 5.41) is 0. The van der Waals surface area contributed by atoms with Crippen LogP contribution in [0, 0.1) is 34.9 Å². The fourth-order valence-electron chi connectivity index (χ4n) is 1.48. The summed E-state index contributed by atoms with van der Waals surface area (Å²) in [4.78, 5) is 0. The molecule has 0 N–H and O–H groups in total. The lowest BCUT2D eigenvalue weighted by atomic mass is 10.0. The SMILES string of the molecule is Fc1cccc(-c2cc(F)c(F)c(F)c2F)c1F. The van der Waals surface area contributed by atoms with Crippen LogP contribution in [0.2, 0.25) is 0 Å². The van der Waals surface area contributed by atoms with E-state index in [-0.39, 0.29) is 6.07 Å². The summed E-state index contributed by atoms with van der Waals surface area (Å²) in [6.45, 7) is 0. The van der Waals surface area contributed by atoms with E-state index < -0.39 is 46.0 Å². The summed E-state index contributed by atoms with van der Waals surface area (Å²) in [6, 6.07) is 2.98. The highest BCUT2D eigenvalue weighted by molar-refractivity contribution is 5.65. The van der Waals surface area contributed by atoms with Gasteiger partial charge in [-0.05, 0) is 12.1 Å². The van der Waals surface area contributed by atoms with Gasteiger partial charge in [0.1, 0.15) is 0 Å². The van der Waals surface area contributed by atoms with Crippen LogP contribution in [0.15, 0.2) is 24.3 Å². The molecule has 2 aromatic rings. The van der Waals surface area contributed by atoms with Crippen LogP contribution >= 0.6 is 0 Å². The average Bonchev–Trinajstić information content (AvgIpc) is 2.35. The van der Waals surface area contributed by atoms with Gasteiger partial charge in [0.05, 0.1) is 0 Å². The molecule has 0 unspecified atom stereocenters. The first kappa shape index (κ1) is 12.5. The van der Waals surface area contributed by atoms with Crippen LogP contribution in [0.1, 0.15) is 0 Å². The maximum absolute atomic E-state index is 13.4. The summed E-state index contributed by atoms with van der Waals surface area (Å²) in [5.74, 6) is -10.3. The van der Waals surface area contributed by atoms with Gasteiger partial charge in [0.2, 0.25) is 0 Å². The van der Waals surface area contributed by atoms with Crippen LogP contribution in [0.5, 0.6) is 0 Å². The molecule has 0 aliphatic heterocycles. The molecule has 0 saturated heterocycles. The van der Waals surface area contributed by atoms with E-state index in [9.17, 15) is 26.3 Å². The van der Waals surface area contributed by atoms with Crippen molar-refractivity contribution in [1.82, 2.24) is 0 Å². The van der Waals surface area contributed by atoms with E-state index in [0.717, 1.165) is 18.2 Å². The van der Waals surface area contributed by atoms with Gasteiger partial charge >= 0.3 is 0 Å². The number of benzene rings is 2. The normalized spacial score (nSPS) is 10.8. The molecule has 0 aliphatic carbocycles. The van der Waals surface area contributed by atoms with E-state index in [1.165, 1.54) is 0 Å². The molecule has 0 aliphatic rings. The maximum atomic E-state index is 13.4. The summed E-state index contributed by atoms with van der Waals surface area (Å²) in [5.41, 5.74) is -1.58. The standard InChI is InChI=1S/C12H4F6/c13-7-3-1-2-5(9(7)15)6-4-8(14)11(17)12(18)10(6)16/h1-4H. The van der Waals surface area contributed by atoms with Gasteiger partial charge in [0, 0.05) is 11.1 Å². The van der Waals surface area contributed by atoms with E-state index in [4.69, 9.17) is 0 Å². The molecule has 0 spiro atoms. The third kappa shape index (κ3) is 1.83. The molecule has 2 aromatic carbocycles. The molecular weight excluding hydrogens is 258 g/mol. The van der Waals surface area contributed by atoms with Crippen molar-refractivity contribution in [3.05, 3.63) is 59.2 Å². The van der Waals surface area contributed by atoms with E-state index in [2.05, 4.69) is 0 Å². The Morgan fingerprint density at radius 3 is 1.89 bits per heavy atom. The number of rotatable bonds is 1. The molecule has 0 nitrogen and oxygen atoms in total. The van der Waals surface area contributed by atoms with Gasteiger partial charge < -0.3 is 0 Å². The predicted octanol–water partition coefficient (Wildman–Crippen LogP) is 4.19. The third-order valence-electron chi connectivity index (χ3n) is 2.34. The van der Waals surface area contributed by atoms with Gasteiger partial charge in [-0.15, -0.1) is 0 Å². The fraction of sp³-hybridized carbons (Fsp3) is 0. The van der Waals surface area contributed by atoms with E-state index in [1.54, 1.807) is 0 Å². The highest BCUT2D eigenvalue weighted by Gasteiger charge is 2.22. The third-order valence-corrected chi connectivity index (χ3v) is 2.34. The van der Waals surface area contributed by atoms with Crippen molar-refractivity contribution in [3.63, 3.8) is 0 Å². The van der Waals surface area contributed by atoms with E-state index in [1.807, 2.05) is 0 Å². The Morgan fingerprint density at radius 1 is 0.556 bits per heavy atom. The van der Waals surface area contributed by atoms with Crippen molar-refractivity contribution in [1.29, 1.82) is 0 Å². The molecule has 0 heterocycles. The lowest BCUT2D eigenvalue weighted by Gasteiger charge is -2.07. The zero-order valence-corrected chi connectivity index (χ0v) is 8.58. The molecule has 0 fully saturated rings. The second-order valence-electron chi connectivity index (χ2n) is 3.45. The lowest BCUT2D eigenvalue weighted by molar-refractivity contribution is 0.410. The van der Waals surface area contributed by atoms with Gasteiger partial charge in [0.15, 0.2) is 34.9 Å². The Bertz CT molecular complexity index is 620. The van der Waals surface area contributed by atoms with Crippen molar-refractivity contribution in [2.75, 3.05) is 0 Å². The molecule has 94 valence electrons. The van der Waals surface area contributed by atoms with Gasteiger partial charge in [-0.1, -0.05) is 12.1 Å². The van der Waals surface area contributed by atoms with Crippen molar-refractivity contribution in [2.45, 2.75) is 0 Å². The Morgan fingerprint density at radius 2 is 1.22 bits per heavy atom. The second-order valence-corrected chi connectivity index (χ2v) is 3.45. The molecule has 0 bridgehead atoms. The topological polar surface area (TPSA) is 0 Å². The molecule has 6 heteroatoms. The smallest absolute Gasteiger partial charge is 0.198 e. The number of hydrogen-bond donors (Lipinski definition) is 0. The quantitative estimate of drug-likeness (QED) is 0.410. The van der Waals surface area contributed by atoms with Crippen LogP contribution in [-0.4, -0.2) is 0 Å². The highest BCUT2D eigenvalue weighted by Crippen LogP contribution is 2.30. The number of hydrogen-bond acceptors (Lipinski definition) is 0. The first-order chi connectivity index (χ1) is 8.43.